The third-order valence-corrected chi connectivity index (χ3v) is 5.51. The Kier molecular flexibility index (Phi) is 5.77. The Hall–Kier alpha value is -2.28. The van der Waals surface area contributed by atoms with E-state index >= 15 is 0 Å². The standard InChI is InChI=1S/C21H21N3O2S/c25-19(16-6-2-1-3-7-16)15-27-21-17-8-4-5-9-18(17)22-20(23-21)14-24-10-12-26-13-11-24/h1-9H,10-15H2. The zero-order valence-corrected chi connectivity index (χ0v) is 15.8. The smallest absolute Gasteiger partial charge is 0.173 e. The molecule has 27 heavy (non-hydrogen) atoms. The van der Waals surface area contributed by atoms with Crippen LogP contribution < -0.4 is 0 Å². The molecule has 0 N–H and O–H groups in total. The Morgan fingerprint density at radius 3 is 2.56 bits per heavy atom. The summed E-state index contributed by atoms with van der Waals surface area (Å²) in [7, 11) is 0. The zero-order chi connectivity index (χ0) is 18.5. The maximum Gasteiger partial charge on any atom is 0.173 e. The van der Waals surface area contributed by atoms with Crippen LogP contribution in [0, 0.1) is 0 Å². The van der Waals surface area contributed by atoms with Gasteiger partial charge in [-0.2, -0.15) is 0 Å². The van der Waals surface area contributed by atoms with E-state index in [9.17, 15) is 4.79 Å². The lowest BCUT2D eigenvalue weighted by Gasteiger charge is -2.25. The minimum Gasteiger partial charge on any atom is -0.379 e. The van der Waals surface area contributed by atoms with Gasteiger partial charge in [-0.25, -0.2) is 9.97 Å². The first-order chi connectivity index (χ1) is 13.3. The van der Waals surface area contributed by atoms with Crippen molar-refractivity contribution >= 4 is 28.4 Å². The number of hydrogen-bond acceptors (Lipinski definition) is 6. The van der Waals surface area contributed by atoms with Gasteiger partial charge in [-0.3, -0.25) is 9.69 Å². The van der Waals surface area contributed by atoms with Crippen LogP contribution in [0.25, 0.3) is 10.9 Å². The molecule has 0 radical (unpaired) electrons. The Morgan fingerprint density at radius 1 is 1.00 bits per heavy atom. The molecule has 5 nitrogen and oxygen atoms in total. The van der Waals surface area contributed by atoms with Crippen molar-refractivity contribution < 1.29 is 9.53 Å². The third kappa shape index (κ3) is 4.53. The number of ketones is 1. The maximum absolute atomic E-state index is 12.5. The lowest BCUT2D eigenvalue weighted by molar-refractivity contribution is 0.0330. The van der Waals surface area contributed by atoms with E-state index < -0.39 is 0 Å². The zero-order valence-electron chi connectivity index (χ0n) is 15.0. The van der Waals surface area contributed by atoms with Gasteiger partial charge in [0, 0.05) is 24.0 Å². The summed E-state index contributed by atoms with van der Waals surface area (Å²) in [5.74, 6) is 1.27. The van der Waals surface area contributed by atoms with Crippen LogP contribution >= 0.6 is 11.8 Å². The van der Waals surface area contributed by atoms with Crippen LogP contribution in [0.15, 0.2) is 59.6 Å². The molecule has 2 heterocycles. The number of aromatic nitrogens is 2. The summed E-state index contributed by atoms with van der Waals surface area (Å²) in [6.07, 6.45) is 0. The highest BCUT2D eigenvalue weighted by molar-refractivity contribution is 8.00. The van der Waals surface area contributed by atoms with Crippen molar-refractivity contribution in [3.05, 3.63) is 66.0 Å². The fourth-order valence-electron chi connectivity index (χ4n) is 3.07. The number of benzene rings is 2. The molecule has 138 valence electrons. The fraction of sp³-hybridized carbons (Fsp3) is 0.286. The van der Waals surface area contributed by atoms with Crippen molar-refractivity contribution in [3.8, 4) is 0 Å². The van der Waals surface area contributed by atoms with Gasteiger partial charge in [0.05, 0.1) is 31.0 Å². The summed E-state index contributed by atoms with van der Waals surface area (Å²) in [6.45, 7) is 3.99. The molecule has 1 aliphatic heterocycles. The van der Waals surface area contributed by atoms with E-state index in [1.807, 2.05) is 54.6 Å². The van der Waals surface area contributed by atoms with Gasteiger partial charge in [0.25, 0.3) is 0 Å². The summed E-state index contributed by atoms with van der Waals surface area (Å²) in [6, 6.07) is 17.4. The molecule has 0 amide bonds. The number of fused-ring (bicyclic) bond motifs is 1. The second kappa shape index (κ2) is 8.61. The molecule has 2 aromatic carbocycles. The van der Waals surface area contributed by atoms with Gasteiger partial charge in [0.1, 0.15) is 10.9 Å². The van der Waals surface area contributed by atoms with Crippen LogP contribution in [-0.2, 0) is 11.3 Å². The molecule has 0 unspecified atom stereocenters. The Balaban J connectivity index is 1.55. The summed E-state index contributed by atoms with van der Waals surface area (Å²) < 4.78 is 5.41. The van der Waals surface area contributed by atoms with Gasteiger partial charge < -0.3 is 4.74 Å². The molecule has 1 saturated heterocycles. The lowest BCUT2D eigenvalue weighted by Crippen LogP contribution is -2.36. The minimum atomic E-state index is 0.109. The number of thioether (sulfide) groups is 1. The van der Waals surface area contributed by atoms with E-state index in [-0.39, 0.29) is 5.78 Å². The minimum absolute atomic E-state index is 0.109. The summed E-state index contributed by atoms with van der Waals surface area (Å²) in [5, 5.41) is 1.86. The van der Waals surface area contributed by atoms with Crippen molar-refractivity contribution in [3.63, 3.8) is 0 Å². The molecule has 1 fully saturated rings. The molecule has 6 heteroatoms. The van der Waals surface area contributed by atoms with Crippen molar-refractivity contribution in [1.29, 1.82) is 0 Å². The third-order valence-electron chi connectivity index (χ3n) is 4.52. The second-order valence-electron chi connectivity index (χ2n) is 6.43. The maximum atomic E-state index is 12.5. The van der Waals surface area contributed by atoms with E-state index in [0.717, 1.165) is 53.6 Å². The molecule has 0 saturated carbocycles. The number of carbonyl (C=O) groups is 1. The molecule has 4 rings (SSSR count). The number of para-hydroxylation sites is 1. The highest BCUT2D eigenvalue weighted by Crippen LogP contribution is 2.26. The number of rotatable bonds is 6. The SMILES string of the molecule is O=C(CSc1nc(CN2CCOCC2)nc2ccccc12)c1ccccc1. The van der Waals surface area contributed by atoms with Gasteiger partial charge in [-0.1, -0.05) is 60.3 Å². The number of nitrogens with zero attached hydrogens (tertiary/aromatic N) is 3. The van der Waals surface area contributed by atoms with E-state index in [1.54, 1.807) is 0 Å². The first kappa shape index (κ1) is 18.1. The van der Waals surface area contributed by atoms with Crippen LogP contribution in [0.5, 0.6) is 0 Å². The van der Waals surface area contributed by atoms with Crippen molar-refractivity contribution in [2.24, 2.45) is 0 Å². The molecule has 3 aromatic rings. The van der Waals surface area contributed by atoms with Crippen molar-refractivity contribution in [2.75, 3.05) is 32.1 Å². The highest BCUT2D eigenvalue weighted by atomic mass is 32.2. The van der Waals surface area contributed by atoms with E-state index in [0.29, 0.717) is 12.3 Å². The average molecular weight is 379 g/mol. The van der Waals surface area contributed by atoms with Crippen LogP contribution in [0.1, 0.15) is 16.2 Å². The molecule has 0 spiro atoms. The van der Waals surface area contributed by atoms with E-state index in [4.69, 9.17) is 14.7 Å². The Labute approximate surface area is 162 Å². The van der Waals surface area contributed by atoms with Crippen LogP contribution in [0.2, 0.25) is 0 Å². The van der Waals surface area contributed by atoms with Crippen LogP contribution in [0.4, 0.5) is 0 Å². The van der Waals surface area contributed by atoms with Crippen molar-refractivity contribution in [1.82, 2.24) is 14.9 Å². The van der Waals surface area contributed by atoms with E-state index in [2.05, 4.69) is 4.90 Å². The topological polar surface area (TPSA) is 55.3 Å². The van der Waals surface area contributed by atoms with Gasteiger partial charge in [0.2, 0.25) is 0 Å². The first-order valence-electron chi connectivity index (χ1n) is 9.06. The molecule has 1 aliphatic rings. The number of Topliss-reactive ketones (excluding diaryl/α,β-unsaturated/α-hetero) is 1. The number of carbonyl (C=O) groups excluding carboxylic acids is 1. The summed E-state index contributed by atoms with van der Waals surface area (Å²) in [5.41, 5.74) is 1.65. The average Bonchev–Trinajstić information content (AvgIpc) is 2.73. The molecular weight excluding hydrogens is 358 g/mol. The van der Waals surface area contributed by atoms with Gasteiger partial charge in [-0.15, -0.1) is 0 Å². The Bertz CT molecular complexity index is 927. The van der Waals surface area contributed by atoms with Crippen LogP contribution in [-0.4, -0.2) is 52.7 Å². The van der Waals surface area contributed by atoms with Gasteiger partial charge >= 0.3 is 0 Å². The molecule has 0 bridgehead atoms. The monoisotopic (exact) mass is 379 g/mol. The molecule has 0 atom stereocenters. The van der Waals surface area contributed by atoms with Gasteiger partial charge in [0.15, 0.2) is 5.78 Å². The normalized spacial score (nSPS) is 15.1. The Morgan fingerprint density at radius 2 is 1.74 bits per heavy atom. The fourth-order valence-corrected chi connectivity index (χ4v) is 4.01. The predicted octanol–water partition coefficient (Wildman–Crippen LogP) is 3.44. The number of hydrogen-bond donors (Lipinski definition) is 0. The first-order valence-corrected chi connectivity index (χ1v) is 10.0. The quantitative estimate of drug-likeness (QED) is 0.372. The van der Waals surface area contributed by atoms with Crippen molar-refractivity contribution in [2.45, 2.75) is 11.6 Å². The number of ether oxygens (including phenoxy) is 1. The molecule has 0 aliphatic carbocycles. The number of morpholine rings is 1. The largest absolute Gasteiger partial charge is 0.379 e. The molecule has 1 aromatic heterocycles. The lowest BCUT2D eigenvalue weighted by atomic mass is 10.2. The summed E-state index contributed by atoms with van der Waals surface area (Å²) in [4.78, 5) is 24.3. The highest BCUT2D eigenvalue weighted by Gasteiger charge is 2.15. The summed E-state index contributed by atoms with van der Waals surface area (Å²) >= 11 is 1.49. The predicted molar refractivity (Wildman–Crippen MR) is 107 cm³/mol. The van der Waals surface area contributed by atoms with E-state index in [1.165, 1.54) is 11.8 Å². The second-order valence-corrected chi connectivity index (χ2v) is 7.39. The van der Waals surface area contributed by atoms with Gasteiger partial charge in [-0.05, 0) is 6.07 Å². The molecular formula is C21H21N3O2S. The van der Waals surface area contributed by atoms with Crippen LogP contribution in [0.3, 0.4) is 0 Å².